The highest BCUT2D eigenvalue weighted by atomic mass is 79.9. The summed E-state index contributed by atoms with van der Waals surface area (Å²) in [5.74, 6) is 0. The maximum absolute atomic E-state index is 5.60. The average Bonchev–Trinajstić information content (AvgIpc) is 2.42. The highest BCUT2D eigenvalue weighted by Crippen LogP contribution is 2.31. The summed E-state index contributed by atoms with van der Waals surface area (Å²) in [6.07, 6.45) is 2.51. The predicted octanol–water partition coefficient (Wildman–Crippen LogP) is 4.58. The first-order chi connectivity index (χ1) is 9.24. The number of fused-ring (bicyclic) bond motifs is 1. The number of halogens is 1. The van der Waals surface area contributed by atoms with Gasteiger partial charge in [-0.25, -0.2) is 0 Å². The van der Waals surface area contributed by atoms with E-state index in [0.29, 0.717) is 12.1 Å². The van der Waals surface area contributed by atoms with Crippen molar-refractivity contribution >= 4 is 32.4 Å². The Balaban J connectivity index is 1.90. The lowest BCUT2D eigenvalue weighted by Crippen LogP contribution is -2.32. The Bertz CT molecular complexity index is 584. The molecule has 1 aliphatic heterocycles. The Hall–Kier alpha value is -1.06. The van der Waals surface area contributed by atoms with Crippen molar-refractivity contribution in [2.75, 3.05) is 11.9 Å². The fraction of sp³-hybridized carbons (Fsp3) is 0.375. The van der Waals surface area contributed by atoms with Crippen LogP contribution in [0.15, 0.2) is 40.9 Å². The Morgan fingerprint density at radius 2 is 1.95 bits per heavy atom. The molecule has 0 bridgehead atoms. The minimum absolute atomic E-state index is 0.355. The van der Waals surface area contributed by atoms with Gasteiger partial charge in [-0.2, -0.15) is 0 Å². The Kier molecular flexibility index (Phi) is 3.76. The molecule has 3 rings (SSSR count). The van der Waals surface area contributed by atoms with E-state index in [2.05, 4.69) is 64.6 Å². The molecule has 1 heterocycles. The van der Waals surface area contributed by atoms with E-state index in [0.717, 1.165) is 23.9 Å². The van der Waals surface area contributed by atoms with Crippen LogP contribution in [0.3, 0.4) is 0 Å². The SMILES string of the molecule is CC1CC(Nc2ccc(Br)c3ccccc23)CCO1. The largest absolute Gasteiger partial charge is 0.382 e. The summed E-state index contributed by atoms with van der Waals surface area (Å²) in [7, 11) is 0. The molecule has 1 N–H and O–H groups in total. The summed E-state index contributed by atoms with van der Waals surface area (Å²) in [5.41, 5.74) is 1.22. The van der Waals surface area contributed by atoms with E-state index in [1.165, 1.54) is 16.5 Å². The number of benzene rings is 2. The van der Waals surface area contributed by atoms with Crippen molar-refractivity contribution in [1.29, 1.82) is 0 Å². The van der Waals surface area contributed by atoms with Crippen molar-refractivity contribution in [1.82, 2.24) is 0 Å². The molecule has 0 radical (unpaired) electrons. The van der Waals surface area contributed by atoms with Crippen LogP contribution in [-0.4, -0.2) is 18.8 Å². The van der Waals surface area contributed by atoms with Crippen molar-refractivity contribution in [3.05, 3.63) is 40.9 Å². The van der Waals surface area contributed by atoms with Crippen molar-refractivity contribution in [2.45, 2.75) is 31.9 Å². The molecule has 100 valence electrons. The highest BCUT2D eigenvalue weighted by Gasteiger charge is 2.19. The van der Waals surface area contributed by atoms with Crippen molar-refractivity contribution < 1.29 is 4.74 Å². The number of ether oxygens (including phenoxy) is 1. The maximum Gasteiger partial charge on any atom is 0.0566 e. The number of anilines is 1. The van der Waals surface area contributed by atoms with Gasteiger partial charge < -0.3 is 10.1 Å². The maximum atomic E-state index is 5.60. The van der Waals surface area contributed by atoms with E-state index in [4.69, 9.17) is 4.74 Å². The number of hydrogen-bond acceptors (Lipinski definition) is 2. The van der Waals surface area contributed by atoms with Gasteiger partial charge in [-0.3, -0.25) is 0 Å². The van der Waals surface area contributed by atoms with E-state index < -0.39 is 0 Å². The average molecular weight is 320 g/mol. The predicted molar refractivity (Wildman–Crippen MR) is 83.7 cm³/mol. The highest BCUT2D eigenvalue weighted by molar-refractivity contribution is 9.10. The molecule has 1 aliphatic rings. The van der Waals surface area contributed by atoms with E-state index in [-0.39, 0.29) is 0 Å². The Morgan fingerprint density at radius 3 is 2.74 bits per heavy atom. The van der Waals surface area contributed by atoms with Crippen molar-refractivity contribution in [2.24, 2.45) is 0 Å². The number of rotatable bonds is 2. The third-order valence-electron chi connectivity index (χ3n) is 3.72. The fourth-order valence-corrected chi connectivity index (χ4v) is 3.22. The molecule has 0 aromatic heterocycles. The summed E-state index contributed by atoms with van der Waals surface area (Å²) < 4.78 is 6.75. The fourth-order valence-electron chi connectivity index (χ4n) is 2.74. The smallest absolute Gasteiger partial charge is 0.0566 e. The summed E-state index contributed by atoms with van der Waals surface area (Å²) in [4.78, 5) is 0. The molecular formula is C16H18BrNO. The third-order valence-corrected chi connectivity index (χ3v) is 4.41. The Morgan fingerprint density at radius 1 is 1.16 bits per heavy atom. The van der Waals surface area contributed by atoms with Gasteiger partial charge in [-0.15, -0.1) is 0 Å². The third kappa shape index (κ3) is 2.77. The van der Waals surface area contributed by atoms with Crippen LogP contribution in [0.2, 0.25) is 0 Å². The summed E-state index contributed by atoms with van der Waals surface area (Å²) >= 11 is 3.62. The van der Waals surface area contributed by atoms with E-state index in [9.17, 15) is 0 Å². The molecule has 2 nitrogen and oxygen atoms in total. The van der Waals surface area contributed by atoms with Gasteiger partial charge in [0.05, 0.1) is 6.10 Å². The molecule has 2 unspecified atom stereocenters. The van der Waals surface area contributed by atoms with Crippen LogP contribution in [0.25, 0.3) is 10.8 Å². The van der Waals surface area contributed by atoms with Gasteiger partial charge >= 0.3 is 0 Å². The summed E-state index contributed by atoms with van der Waals surface area (Å²) in [6, 6.07) is 13.3. The molecular weight excluding hydrogens is 302 g/mol. The second-order valence-corrected chi connectivity index (χ2v) is 6.04. The Labute approximate surface area is 122 Å². The lowest BCUT2D eigenvalue weighted by Gasteiger charge is -2.29. The van der Waals surface area contributed by atoms with Gasteiger partial charge in [0.2, 0.25) is 0 Å². The molecule has 0 amide bonds. The van der Waals surface area contributed by atoms with Crippen LogP contribution in [0, 0.1) is 0 Å². The van der Waals surface area contributed by atoms with Crippen molar-refractivity contribution in [3.63, 3.8) is 0 Å². The van der Waals surface area contributed by atoms with Crippen LogP contribution in [0.1, 0.15) is 19.8 Å². The molecule has 2 atom stereocenters. The second-order valence-electron chi connectivity index (χ2n) is 5.19. The normalized spacial score (nSPS) is 23.5. The van der Waals surface area contributed by atoms with Gasteiger partial charge in [0.1, 0.15) is 0 Å². The minimum atomic E-state index is 0.355. The molecule has 0 aliphatic carbocycles. The monoisotopic (exact) mass is 319 g/mol. The standard InChI is InChI=1S/C16H18BrNO/c1-11-10-12(8-9-19-11)18-16-7-6-15(17)13-4-2-3-5-14(13)16/h2-7,11-12,18H,8-10H2,1H3. The molecule has 3 heteroatoms. The van der Waals surface area contributed by atoms with Gasteiger partial charge in [-0.05, 0) is 37.3 Å². The molecule has 19 heavy (non-hydrogen) atoms. The molecule has 1 fully saturated rings. The quantitative estimate of drug-likeness (QED) is 0.874. The van der Waals surface area contributed by atoms with Gasteiger partial charge in [0.25, 0.3) is 0 Å². The van der Waals surface area contributed by atoms with E-state index in [1.54, 1.807) is 0 Å². The van der Waals surface area contributed by atoms with E-state index in [1.807, 2.05) is 0 Å². The van der Waals surface area contributed by atoms with E-state index >= 15 is 0 Å². The van der Waals surface area contributed by atoms with Crippen LogP contribution in [0.5, 0.6) is 0 Å². The summed E-state index contributed by atoms with van der Waals surface area (Å²) in [5, 5.41) is 6.21. The lowest BCUT2D eigenvalue weighted by atomic mass is 10.0. The molecule has 2 aromatic rings. The first-order valence-corrected chi connectivity index (χ1v) is 7.59. The molecule has 2 aromatic carbocycles. The zero-order valence-corrected chi connectivity index (χ0v) is 12.6. The van der Waals surface area contributed by atoms with Gasteiger partial charge in [0.15, 0.2) is 0 Å². The first-order valence-electron chi connectivity index (χ1n) is 6.79. The zero-order valence-electron chi connectivity index (χ0n) is 11.0. The van der Waals surface area contributed by atoms with Crippen LogP contribution >= 0.6 is 15.9 Å². The minimum Gasteiger partial charge on any atom is -0.382 e. The van der Waals surface area contributed by atoms with Gasteiger partial charge in [0, 0.05) is 28.2 Å². The molecule has 0 spiro atoms. The number of nitrogens with one attached hydrogen (secondary N) is 1. The van der Waals surface area contributed by atoms with Crippen LogP contribution < -0.4 is 5.32 Å². The summed E-state index contributed by atoms with van der Waals surface area (Å²) in [6.45, 7) is 3.00. The first kappa shape index (κ1) is 12.9. The van der Waals surface area contributed by atoms with Crippen LogP contribution in [0.4, 0.5) is 5.69 Å². The lowest BCUT2D eigenvalue weighted by molar-refractivity contribution is 0.0232. The topological polar surface area (TPSA) is 21.3 Å². The number of hydrogen-bond donors (Lipinski definition) is 1. The van der Waals surface area contributed by atoms with Crippen LogP contribution in [-0.2, 0) is 4.74 Å². The van der Waals surface area contributed by atoms with Gasteiger partial charge in [-0.1, -0.05) is 40.2 Å². The molecule has 1 saturated heterocycles. The van der Waals surface area contributed by atoms with Crippen molar-refractivity contribution in [3.8, 4) is 0 Å². The molecule has 0 saturated carbocycles. The zero-order chi connectivity index (χ0) is 13.2. The second kappa shape index (κ2) is 5.51.